The zero-order chi connectivity index (χ0) is 11.6. The van der Waals surface area contributed by atoms with Crippen molar-refractivity contribution in [3.63, 3.8) is 0 Å². The van der Waals surface area contributed by atoms with Crippen molar-refractivity contribution in [2.45, 2.75) is 25.9 Å². The molecule has 2 rings (SSSR count). The van der Waals surface area contributed by atoms with Crippen LogP contribution in [-0.2, 0) is 0 Å². The molecule has 1 aromatic rings. The molecule has 3 nitrogen and oxygen atoms in total. The molecule has 1 aliphatic heterocycles. The molecule has 1 aromatic heterocycles. The quantitative estimate of drug-likeness (QED) is 0.757. The fourth-order valence-electron chi connectivity index (χ4n) is 1.85. The minimum atomic E-state index is -0.185. The van der Waals surface area contributed by atoms with Crippen molar-refractivity contribution >= 4 is 11.6 Å². The highest BCUT2D eigenvalue weighted by molar-refractivity contribution is 6.29. The highest BCUT2D eigenvalue weighted by Gasteiger charge is 2.26. The number of pyridine rings is 1. The van der Waals surface area contributed by atoms with Crippen molar-refractivity contribution in [2.24, 2.45) is 0 Å². The van der Waals surface area contributed by atoms with Crippen LogP contribution in [0.15, 0.2) is 18.3 Å². The first-order valence-electron chi connectivity index (χ1n) is 5.58. The summed E-state index contributed by atoms with van der Waals surface area (Å²) in [4.78, 5) is 6.40. The highest BCUT2D eigenvalue weighted by Crippen LogP contribution is 2.21. The van der Waals surface area contributed by atoms with Gasteiger partial charge in [-0.15, -0.1) is 0 Å². The van der Waals surface area contributed by atoms with Gasteiger partial charge in [-0.25, -0.2) is 4.98 Å². The van der Waals surface area contributed by atoms with Crippen LogP contribution in [0.2, 0.25) is 5.15 Å². The van der Waals surface area contributed by atoms with Gasteiger partial charge in [0.25, 0.3) is 0 Å². The van der Waals surface area contributed by atoms with Crippen molar-refractivity contribution in [2.75, 3.05) is 19.6 Å². The van der Waals surface area contributed by atoms with Gasteiger partial charge in [0.05, 0.1) is 6.20 Å². The van der Waals surface area contributed by atoms with Gasteiger partial charge in [-0.1, -0.05) is 11.6 Å². The molecule has 0 aliphatic carbocycles. The number of rotatable bonds is 4. The van der Waals surface area contributed by atoms with Gasteiger partial charge in [0, 0.05) is 6.54 Å². The second kappa shape index (κ2) is 4.60. The molecule has 16 heavy (non-hydrogen) atoms. The van der Waals surface area contributed by atoms with E-state index < -0.39 is 0 Å². The number of aromatic nitrogens is 1. The summed E-state index contributed by atoms with van der Waals surface area (Å²) in [6.07, 6.45) is 2.97. The molecule has 1 aliphatic rings. The Morgan fingerprint density at radius 1 is 1.44 bits per heavy atom. The molecule has 0 spiro atoms. The molecule has 0 N–H and O–H groups in total. The first kappa shape index (κ1) is 11.7. The van der Waals surface area contributed by atoms with Gasteiger partial charge in [-0.05, 0) is 45.5 Å². The summed E-state index contributed by atoms with van der Waals surface area (Å²) < 4.78 is 5.90. The number of halogens is 1. The maximum Gasteiger partial charge on any atom is 0.138 e. The first-order valence-corrected chi connectivity index (χ1v) is 5.96. The van der Waals surface area contributed by atoms with Gasteiger partial charge in [0.1, 0.15) is 16.5 Å². The first-order chi connectivity index (χ1) is 7.55. The van der Waals surface area contributed by atoms with E-state index >= 15 is 0 Å². The van der Waals surface area contributed by atoms with Crippen LogP contribution in [0.5, 0.6) is 5.75 Å². The van der Waals surface area contributed by atoms with Gasteiger partial charge in [-0.3, -0.25) is 4.90 Å². The van der Waals surface area contributed by atoms with Gasteiger partial charge in [0.2, 0.25) is 0 Å². The molecule has 1 saturated heterocycles. The van der Waals surface area contributed by atoms with E-state index in [0.717, 1.165) is 12.3 Å². The third-order valence-electron chi connectivity index (χ3n) is 2.65. The third kappa shape index (κ3) is 3.09. The Labute approximate surface area is 101 Å². The number of ether oxygens (including phenoxy) is 1. The monoisotopic (exact) mass is 240 g/mol. The Kier molecular flexibility index (Phi) is 3.36. The molecule has 0 aromatic carbocycles. The lowest BCUT2D eigenvalue weighted by Gasteiger charge is -2.38. The molecule has 0 amide bonds. The van der Waals surface area contributed by atoms with Crippen molar-refractivity contribution in [1.29, 1.82) is 0 Å². The fraction of sp³-hybridized carbons (Fsp3) is 0.583. The fourth-order valence-corrected chi connectivity index (χ4v) is 1.96. The van der Waals surface area contributed by atoms with Gasteiger partial charge in [0.15, 0.2) is 0 Å². The molecule has 0 saturated carbocycles. The van der Waals surface area contributed by atoms with Crippen molar-refractivity contribution in [3.8, 4) is 5.75 Å². The second-order valence-electron chi connectivity index (χ2n) is 4.81. The summed E-state index contributed by atoms with van der Waals surface area (Å²) in [7, 11) is 0. The van der Waals surface area contributed by atoms with Crippen molar-refractivity contribution in [1.82, 2.24) is 9.88 Å². The van der Waals surface area contributed by atoms with E-state index in [2.05, 4.69) is 23.7 Å². The predicted molar refractivity (Wildman–Crippen MR) is 65.0 cm³/mol. The molecular weight excluding hydrogens is 224 g/mol. The maximum absolute atomic E-state index is 5.90. The number of hydrogen-bond acceptors (Lipinski definition) is 3. The van der Waals surface area contributed by atoms with Crippen LogP contribution in [-0.4, -0.2) is 35.1 Å². The van der Waals surface area contributed by atoms with E-state index in [9.17, 15) is 0 Å². The van der Waals surface area contributed by atoms with E-state index in [1.165, 1.54) is 19.5 Å². The zero-order valence-electron chi connectivity index (χ0n) is 9.74. The summed E-state index contributed by atoms with van der Waals surface area (Å²) in [6.45, 7) is 7.52. The van der Waals surface area contributed by atoms with E-state index in [-0.39, 0.29) is 5.60 Å². The van der Waals surface area contributed by atoms with Crippen LogP contribution in [0.25, 0.3) is 0 Å². The summed E-state index contributed by atoms with van der Waals surface area (Å²) in [6, 6.07) is 3.60. The van der Waals surface area contributed by atoms with Crippen LogP contribution < -0.4 is 4.74 Å². The predicted octanol–water partition coefficient (Wildman–Crippen LogP) is 2.60. The number of nitrogens with zero attached hydrogens (tertiary/aromatic N) is 2. The largest absolute Gasteiger partial charge is 0.485 e. The Balaban J connectivity index is 1.93. The number of hydrogen-bond donors (Lipinski definition) is 0. The molecule has 0 unspecified atom stereocenters. The van der Waals surface area contributed by atoms with Gasteiger partial charge < -0.3 is 4.74 Å². The van der Waals surface area contributed by atoms with E-state index in [0.29, 0.717) is 5.15 Å². The van der Waals surface area contributed by atoms with Crippen LogP contribution in [0.3, 0.4) is 0 Å². The van der Waals surface area contributed by atoms with Gasteiger partial charge >= 0.3 is 0 Å². The standard InChI is InChI=1S/C12H17ClN2O/c1-12(2,9-15-6-3-7-15)16-10-4-5-11(13)14-8-10/h4-5,8H,3,6-7,9H2,1-2H3. The summed E-state index contributed by atoms with van der Waals surface area (Å²) in [5.74, 6) is 0.773. The Morgan fingerprint density at radius 2 is 2.19 bits per heavy atom. The summed E-state index contributed by atoms with van der Waals surface area (Å²) in [5, 5.41) is 0.493. The molecule has 0 radical (unpaired) electrons. The molecule has 0 bridgehead atoms. The minimum Gasteiger partial charge on any atom is -0.485 e. The average Bonchev–Trinajstić information content (AvgIpc) is 2.16. The average molecular weight is 241 g/mol. The molecule has 2 heterocycles. The molecular formula is C12H17ClN2O. The molecule has 88 valence electrons. The molecule has 1 fully saturated rings. The topological polar surface area (TPSA) is 25.4 Å². The SMILES string of the molecule is CC(C)(CN1CCC1)Oc1ccc(Cl)nc1. The van der Waals surface area contributed by atoms with Crippen LogP contribution >= 0.6 is 11.6 Å². The van der Waals surface area contributed by atoms with Crippen LogP contribution in [0.4, 0.5) is 0 Å². The van der Waals surface area contributed by atoms with Gasteiger partial charge in [-0.2, -0.15) is 0 Å². The van der Waals surface area contributed by atoms with Crippen molar-refractivity contribution < 1.29 is 4.74 Å². The Bertz CT molecular complexity index is 347. The maximum atomic E-state index is 5.90. The van der Waals surface area contributed by atoms with Crippen molar-refractivity contribution in [3.05, 3.63) is 23.5 Å². The highest BCUT2D eigenvalue weighted by atomic mass is 35.5. The summed E-state index contributed by atoms with van der Waals surface area (Å²) in [5.41, 5.74) is -0.185. The minimum absolute atomic E-state index is 0.185. The Hall–Kier alpha value is -0.800. The lowest BCUT2D eigenvalue weighted by molar-refractivity contribution is 0.0350. The molecule has 0 atom stereocenters. The lowest BCUT2D eigenvalue weighted by atomic mass is 10.1. The Morgan fingerprint density at radius 3 is 2.69 bits per heavy atom. The van der Waals surface area contributed by atoms with E-state index in [4.69, 9.17) is 16.3 Å². The smallest absolute Gasteiger partial charge is 0.138 e. The van der Waals surface area contributed by atoms with E-state index in [1.807, 2.05) is 6.07 Å². The summed E-state index contributed by atoms with van der Waals surface area (Å²) >= 11 is 5.72. The second-order valence-corrected chi connectivity index (χ2v) is 5.20. The van der Waals surface area contributed by atoms with E-state index in [1.54, 1.807) is 12.3 Å². The van der Waals surface area contributed by atoms with Crippen LogP contribution in [0.1, 0.15) is 20.3 Å². The number of likely N-dealkylation sites (tertiary alicyclic amines) is 1. The lowest BCUT2D eigenvalue weighted by Crippen LogP contribution is -2.48. The normalized spacial score (nSPS) is 16.9. The zero-order valence-corrected chi connectivity index (χ0v) is 10.5. The molecule has 4 heteroatoms. The van der Waals surface area contributed by atoms with Crippen LogP contribution in [0, 0.1) is 0 Å². The third-order valence-corrected chi connectivity index (χ3v) is 2.87.